The third-order valence-electron chi connectivity index (χ3n) is 4.46. The summed E-state index contributed by atoms with van der Waals surface area (Å²) in [5.74, 6) is 0. The van der Waals surface area contributed by atoms with Crippen molar-refractivity contribution in [3.05, 3.63) is 82.2 Å². The van der Waals surface area contributed by atoms with Crippen molar-refractivity contribution >= 4 is 32.6 Å². The van der Waals surface area contributed by atoms with Gasteiger partial charge in [-0.25, -0.2) is 13.1 Å². The third-order valence-corrected chi connectivity index (χ3v) is 5.98. The lowest BCUT2D eigenvalue weighted by molar-refractivity contribution is -0.385. The molecule has 0 fully saturated rings. The Bertz CT molecular complexity index is 1190. The number of pyridine rings is 1. The van der Waals surface area contributed by atoms with Crippen LogP contribution in [0.2, 0.25) is 0 Å². The van der Waals surface area contributed by atoms with Crippen molar-refractivity contribution in [2.75, 3.05) is 19.6 Å². The molecular weight excluding hydrogens is 404 g/mol. The molecule has 0 unspecified atom stereocenters. The normalized spacial score (nSPS) is 12.2. The van der Waals surface area contributed by atoms with E-state index >= 15 is 0 Å². The summed E-state index contributed by atoms with van der Waals surface area (Å²) < 4.78 is 27.9. The van der Waals surface area contributed by atoms with Crippen molar-refractivity contribution in [1.82, 2.24) is 15.0 Å². The molecule has 9 heteroatoms. The minimum absolute atomic E-state index is 0.0508. The molecule has 2 N–H and O–H groups in total. The van der Waals surface area contributed by atoms with E-state index in [-0.39, 0.29) is 17.1 Å². The van der Waals surface area contributed by atoms with Gasteiger partial charge >= 0.3 is 0 Å². The number of nitro benzene ring substituents is 1. The molecule has 0 amide bonds. The van der Waals surface area contributed by atoms with Crippen LogP contribution in [0.3, 0.4) is 0 Å². The minimum atomic E-state index is -3.66. The molecule has 0 bridgehead atoms. The van der Waals surface area contributed by atoms with Crippen LogP contribution in [0.15, 0.2) is 71.4 Å². The highest BCUT2D eigenvalue weighted by molar-refractivity contribution is 7.89. The van der Waals surface area contributed by atoms with Crippen molar-refractivity contribution in [2.24, 2.45) is 0 Å². The van der Waals surface area contributed by atoms with Gasteiger partial charge < -0.3 is 5.32 Å². The van der Waals surface area contributed by atoms with Gasteiger partial charge in [-0.15, -0.1) is 0 Å². The highest BCUT2D eigenvalue weighted by Crippen LogP contribution is 2.22. The Hall–Kier alpha value is -3.14. The summed E-state index contributed by atoms with van der Waals surface area (Å²) in [6, 6.07) is 13.3. The largest absolute Gasteiger partial charge is 0.312 e. The van der Waals surface area contributed by atoms with Gasteiger partial charge in [0.2, 0.25) is 10.0 Å². The molecule has 0 saturated heterocycles. The van der Waals surface area contributed by atoms with Crippen molar-refractivity contribution in [2.45, 2.75) is 11.8 Å². The SMILES string of the molecule is CC(=Cc1ccccc1[N+](=O)[O-])CNCCNS(=O)(=O)c1cccc2cnccc12. The number of para-hydroxylation sites is 1. The van der Waals surface area contributed by atoms with Gasteiger partial charge in [-0.05, 0) is 31.2 Å². The Labute approximate surface area is 174 Å². The van der Waals surface area contributed by atoms with Gasteiger partial charge in [-0.2, -0.15) is 0 Å². The Morgan fingerprint density at radius 1 is 1.13 bits per heavy atom. The van der Waals surface area contributed by atoms with Crippen LogP contribution in [0.4, 0.5) is 5.69 Å². The van der Waals surface area contributed by atoms with Crippen molar-refractivity contribution in [1.29, 1.82) is 0 Å². The molecule has 30 heavy (non-hydrogen) atoms. The second-order valence-electron chi connectivity index (χ2n) is 6.73. The van der Waals surface area contributed by atoms with E-state index in [1.54, 1.807) is 54.9 Å². The van der Waals surface area contributed by atoms with Crippen LogP contribution >= 0.6 is 0 Å². The molecule has 8 nitrogen and oxygen atoms in total. The lowest BCUT2D eigenvalue weighted by atomic mass is 10.1. The lowest BCUT2D eigenvalue weighted by Gasteiger charge is -2.10. The number of nitro groups is 1. The minimum Gasteiger partial charge on any atom is -0.312 e. The highest BCUT2D eigenvalue weighted by atomic mass is 32.2. The first kappa shape index (κ1) is 21.6. The molecule has 0 aliphatic rings. The van der Waals surface area contributed by atoms with Gasteiger partial charge in [-0.1, -0.05) is 29.8 Å². The van der Waals surface area contributed by atoms with Gasteiger partial charge in [0.1, 0.15) is 0 Å². The van der Waals surface area contributed by atoms with Crippen molar-refractivity contribution in [3.8, 4) is 0 Å². The molecule has 0 radical (unpaired) electrons. The first-order valence-electron chi connectivity index (χ1n) is 9.32. The average Bonchev–Trinajstić information content (AvgIpc) is 2.73. The standard InChI is InChI=1S/C21H22N4O4S/c1-16(13-17-5-2-3-7-20(17)25(26)27)14-23-11-12-24-30(28,29)21-8-4-6-18-15-22-10-9-19(18)21/h2-10,13,15,23-24H,11-12,14H2,1H3. The maximum atomic E-state index is 12.7. The quantitative estimate of drug-likeness (QED) is 0.309. The molecular formula is C21H22N4O4S. The lowest BCUT2D eigenvalue weighted by Crippen LogP contribution is -2.32. The zero-order valence-corrected chi connectivity index (χ0v) is 17.2. The predicted molar refractivity (Wildman–Crippen MR) is 117 cm³/mol. The average molecular weight is 426 g/mol. The summed E-state index contributed by atoms with van der Waals surface area (Å²) in [7, 11) is -3.66. The molecule has 3 rings (SSSR count). The molecule has 0 aliphatic heterocycles. The monoisotopic (exact) mass is 426 g/mol. The summed E-state index contributed by atoms with van der Waals surface area (Å²) in [6.07, 6.45) is 4.94. The summed E-state index contributed by atoms with van der Waals surface area (Å²) in [6.45, 7) is 2.96. The van der Waals surface area contributed by atoms with E-state index in [0.29, 0.717) is 24.0 Å². The fourth-order valence-electron chi connectivity index (χ4n) is 3.06. The van der Waals surface area contributed by atoms with Gasteiger partial charge in [0.15, 0.2) is 0 Å². The van der Waals surface area contributed by atoms with E-state index in [2.05, 4.69) is 15.0 Å². The number of benzene rings is 2. The summed E-state index contributed by atoms with van der Waals surface area (Å²) in [5.41, 5.74) is 1.48. The summed E-state index contributed by atoms with van der Waals surface area (Å²) >= 11 is 0. The van der Waals surface area contributed by atoms with Crippen LogP contribution in [0.1, 0.15) is 12.5 Å². The molecule has 1 aromatic heterocycles. The van der Waals surface area contributed by atoms with Crippen molar-refractivity contribution in [3.63, 3.8) is 0 Å². The molecule has 0 saturated carbocycles. The number of rotatable bonds is 9. The Morgan fingerprint density at radius 3 is 2.73 bits per heavy atom. The van der Waals surface area contributed by atoms with E-state index in [1.807, 2.05) is 13.0 Å². The zero-order chi connectivity index (χ0) is 21.6. The first-order chi connectivity index (χ1) is 14.4. The second-order valence-corrected chi connectivity index (χ2v) is 8.47. The van der Waals surface area contributed by atoms with Gasteiger partial charge in [0.25, 0.3) is 5.69 Å². The van der Waals surface area contributed by atoms with Crippen LogP contribution in [-0.4, -0.2) is 38.0 Å². The van der Waals surface area contributed by atoms with Crippen molar-refractivity contribution < 1.29 is 13.3 Å². The number of fused-ring (bicyclic) bond motifs is 1. The predicted octanol–water partition coefficient (Wildman–Crippen LogP) is 3.11. The smallest absolute Gasteiger partial charge is 0.276 e. The number of hydrogen-bond acceptors (Lipinski definition) is 6. The maximum absolute atomic E-state index is 12.7. The molecule has 156 valence electrons. The fraction of sp³-hybridized carbons (Fsp3) is 0.190. The zero-order valence-electron chi connectivity index (χ0n) is 16.4. The molecule has 3 aromatic rings. The molecule has 2 aromatic carbocycles. The number of sulfonamides is 1. The van der Waals surface area contributed by atoms with E-state index in [9.17, 15) is 18.5 Å². The molecule has 0 atom stereocenters. The van der Waals surface area contributed by atoms with Gasteiger partial charge in [-0.3, -0.25) is 15.1 Å². The van der Waals surface area contributed by atoms with Crippen LogP contribution in [0.25, 0.3) is 16.8 Å². The molecule has 0 spiro atoms. The van der Waals surface area contributed by atoms with Crippen LogP contribution in [-0.2, 0) is 10.0 Å². The van der Waals surface area contributed by atoms with Crippen LogP contribution in [0, 0.1) is 10.1 Å². The van der Waals surface area contributed by atoms with Gasteiger partial charge in [0, 0.05) is 48.9 Å². The maximum Gasteiger partial charge on any atom is 0.276 e. The van der Waals surface area contributed by atoms with E-state index in [1.165, 1.54) is 6.07 Å². The topological polar surface area (TPSA) is 114 Å². The molecule has 0 aliphatic carbocycles. The summed E-state index contributed by atoms with van der Waals surface area (Å²) in [5, 5.41) is 15.6. The van der Waals surface area contributed by atoms with E-state index < -0.39 is 14.9 Å². The van der Waals surface area contributed by atoms with E-state index in [4.69, 9.17) is 0 Å². The number of nitrogens with zero attached hydrogens (tertiary/aromatic N) is 2. The van der Waals surface area contributed by atoms with Crippen LogP contribution < -0.4 is 10.0 Å². The Kier molecular flexibility index (Phi) is 6.88. The number of nitrogens with one attached hydrogen (secondary N) is 2. The third kappa shape index (κ3) is 5.26. The second kappa shape index (κ2) is 9.57. The van der Waals surface area contributed by atoms with Gasteiger partial charge in [0.05, 0.1) is 15.4 Å². The molecule has 1 heterocycles. The number of hydrogen-bond donors (Lipinski definition) is 2. The first-order valence-corrected chi connectivity index (χ1v) is 10.8. The number of aromatic nitrogens is 1. The summed E-state index contributed by atoms with van der Waals surface area (Å²) in [4.78, 5) is 14.9. The highest BCUT2D eigenvalue weighted by Gasteiger charge is 2.16. The van der Waals surface area contributed by atoms with Crippen LogP contribution in [0.5, 0.6) is 0 Å². The Balaban J connectivity index is 1.55. The van der Waals surface area contributed by atoms with E-state index in [0.717, 1.165) is 11.0 Å². The fourth-order valence-corrected chi connectivity index (χ4v) is 4.32. The Morgan fingerprint density at radius 2 is 1.93 bits per heavy atom.